The largest absolute Gasteiger partial charge is 0.345 e. The number of hydrogen-bond donors (Lipinski definition) is 1. The first-order valence-corrected chi connectivity index (χ1v) is 4.31. The van der Waals surface area contributed by atoms with Gasteiger partial charge in [0.15, 0.2) is 0 Å². The third-order valence-corrected chi connectivity index (χ3v) is 2.17. The van der Waals surface area contributed by atoms with Crippen molar-refractivity contribution in [2.75, 3.05) is 0 Å². The lowest BCUT2D eigenvalue weighted by molar-refractivity contribution is 0.559. The average molecular weight is 187 g/mol. The van der Waals surface area contributed by atoms with Crippen LogP contribution in [0.4, 0.5) is 0 Å². The fraction of sp³-hybridized carbons (Fsp3) is 0.200. The van der Waals surface area contributed by atoms with E-state index in [9.17, 15) is 4.79 Å². The van der Waals surface area contributed by atoms with Crippen molar-refractivity contribution in [3.8, 4) is 0 Å². The molecule has 4 heteroatoms. The molecule has 1 heterocycles. The maximum Gasteiger partial charge on any atom is 0.235 e. The third-order valence-electron chi connectivity index (χ3n) is 2.17. The second-order valence-corrected chi connectivity index (χ2v) is 3.08. The number of aliphatic imine (C=N–C) groups is 1. The van der Waals surface area contributed by atoms with Crippen molar-refractivity contribution in [2.45, 2.75) is 13.0 Å². The molecular weight excluding hydrogens is 178 g/mol. The Bertz CT molecular complexity index is 497. The van der Waals surface area contributed by atoms with Crippen LogP contribution in [-0.2, 0) is 4.79 Å². The summed E-state index contributed by atoms with van der Waals surface area (Å²) in [5, 5.41) is 0. The molecule has 14 heavy (non-hydrogen) atoms. The highest BCUT2D eigenvalue weighted by atomic mass is 16.1. The Kier molecular flexibility index (Phi) is 2.13. The topological polar surface area (TPSA) is 58.1 Å². The van der Waals surface area contributed by atoms with Crippen molar-refractivity contribution in [1.29, 1.82) is 0 Å². The summed E-state index contributed by atoms with van der Waals surface area (Å²) in [5.41, 5.74) is 2.84. The number of rotatable bonds is 2. The van der Waals surface area contributed by atoms with Crippen molar-refractivity contribution in [1.82, 2.24) is 9.97 Å². The van der Waals surface area contributed by atoms with Gasteiger partial charge in [-0.15, -0.1) is 0 Å². The standard InChI is InChI=1S/C10H9N3O/c1-7(13-6-14)8-2-3-9-10(4-8)12-5-11-9/h2-5,7H,1H3,(H,11,12). The van der Waals surface area contributed by atoms with Crippen LogP contribution in [0.25, 0.3) is 11.0 Å². The zero-order valence-electron chi connectivity index (χ0n) is 7.69. The van der Waals surface area contributed by atoms with E-state index in [0.717, 1.165) is 16.6 Å². The molecule has 0 radical (unpaired) electrons. The predicted molar refractivity (Wildman–Crippen MR) is 52.6 cm³/mol. The maximum absolute atomic E-state index is 10.1. The van der Waals surface area contributed by atoms with Crippen molar-refractivity contribution in [3.63, 3.8) is 0 Å². The minimum Gasteiger partial charge on any atom is -0.345 e. The van der Waals surface area contributed by atoms with Gasteiger partial charge in [0.2, 0.25) is 6.08 Å². The molecule has 1 aromatic heterocycles. The van der Waals surface area contributed by atoms with Crippen molar-refractivity contribution >= 4 is 17.1 Å². The number of benzene rings is 1. The van der Waals surface area contributed by atoms with Gasteiger partial charge in [-0.2, -0.15) is 4.99 Å². The van der Waals surface area contributed by atoms with Gasteiger partial charge in [0, 0.05) is 0 Å². The minimum absolute atomic E-state index is 0.153. The van der Waals surface area contributed by atoms with E-state index < -0.39 is 0 Å². The van der Waals surface area contributed by atoms with E-state index in [-0.39, 0.29) is 6.04 Å². The highest BCUT2D eigenvalue weighted by molar-refractivity contribution is 5.75. The lowest BCUT2D eigenvalue weighted by atomic mass is 10.1. The summed E-state index contributed by atoms with van der Waals surface area (Å²) in [6, 6.07) is 5.60. The van der Waals surface area contributed by atoms with Crippen LogP contribution in [0.5, 0.6) is 0 Å². The second-order valence-electron chi connectivity index (χ2n) is 3.08. The summed E-state index contributed by atoms with van der Waals surface area (Å²) < 4.78 is 0. The summed E-state index contributed by atoms with van der Waals surface area (Å²) in [4.78, 5) is 20.8. The average Bonchev–Trinajstić information content (AvgIpc) is 2.64. The molecule has 1 aromatic carbocycles. The highest BCUT2D eigenvalue weighted by Crippen LogP contribution is 2.19. The number of fused-ring (bicyclic) bond motifs is 1. The number of carbonyl (C=O) groups excluding carboxylic acids is 1. The number of nitrogens with one attached hydrogen (secondary N) is 1. The highest BCUT2D eigenvalue weighted by Gasteiger charge is 2.04. The molecule has 4 nitrogen and oxygen atoms in total. The number of nitrogens with zero attached hydrogens (tertiary/aromatic N) is 2. The van der Waals surface area contributed by atoms with E-state index in [2.05, 4.69) is 15.0 Å². The lowest BCUT2D eigenvalue weighted by Gasteiger charge is -2.03. The molecule has 0 aliphatic carbocycles. The minimum atomic E-state index is -0.153. The summed E-state index contributed by atoms with van der Waals surface area (Å²) in [6.07, 6.45) is 3.20. The molecule has 0 aliphatic heterocycles. The number of isocyanates is 1. The van der Waals surface area contributed by atoms with Crippen LogP contribution in [0.15, 0.2) is 29.5 Å². The summed E-state index contributed by atoms with van der Waals surface area (Å²) in [7, 11) is 0. The van der Waals surface area contributed by atoms with Gasteiger partial charge >= 0.3 is 0 Å². The fourth-order valence-corrected chi connectivity index (χ4v) is 1.37. The summed E-state index contributed by atoms with van der Waals surface area (Å²) in [6.45, 7) is 1.85. The summed E-state index contributed by atoms with van der Waals surface area (Å²) in [5.74, 6) is 0. The number of aromatic amines is 1. The fourth-order valence-electron chi connectivity index (χ4n) is 1.37. The van der Waals surface area contributed by atoms with Crippen molar-refractivity contribution < 1.29 is 4.79 Å². The molecule has 0 aliphatic rings. The number of hydrogen-bond acceptors (Lipinski definition) is 3. The Labute approximate surface area is 80.7 Å². The molecule has 1 atom stereocenters. The number of imidazole rings is 1. The van der Waals surface area contributed by atoms with Crippen molar-refractivity contribution in [2.24, 2.45) is 4.99 Å². The molecule has 0 fully saturated rings. The molecule has 0 saturated heterocycles. The normalized spacial score (nSPS) is 12.4. The Balaban J connectivity index is 2.48. The van der Waals surface area contributed by atoms with Crippen LogP contribution >= 0.6 is 0 Å². The molecular formula is C10H9N3O. The van der Waals surface area contributed by atoms with Crippen LogP contribution in [0.2, 0.25) is 0 Å². The van der Waals surface area contributed by atoms with Gasteiger partial charge in [0.25, 0.3) is 0 Å². The summed E-state index contributed by atoms with van der Waals surface area (Å²) >= 11 is 0. The van der Waals surface area contributed by atoms with E-state index in [0.29, 0.717) is 0 Å². The van der Waals surface area contributed by atoms with Crippen LogP contribution < -0.4 is 0 Å². The second kappa shape index (κ2) is 3.44. The van der Waals surface area contributed by atoms with Gasteiger partial charge in [-0.1, -0.05) is 6.07 Å². The molecule has 2 aromatic rings. The monoisotopic (exact) mass is 187 g/mol. The molecule has 0 spiro atoms. The molecule has 70 valence electrons. The van der Waals surface area contributed by atoms with E-state index in [1.54, 1.807) is 12.4 Å². The van der Waals surface area contributed by atoms with Gasteiger partial charge < -0.3 is 4.98 Å². The number of aromatic nitrogens is 2. The Morgan fingerprint density at radius 1 is 1.57 bits per heavy atom. The molecule has 0 saturated carbocycles. The third kappa shape index (κ3) is 1.43. The van der Waals surface area contributed by atoms with Gasteiger partial charge in [0.05, 0.1) is 23.4 Å². The van der Waals surface area contributed by atoms with Gasteiger partial charge in [-0.3, -0.25) is 0 Å². The van der Waals surface area contributed by atoms with Gasteiger partial charge in [0.1, 0.15) is 0 Å². The Morgan fingerprint density at radius 3 is 3.21 bits per heavy atom. The molecule has 0 bridgehead atoms. The van der Waals surface area contributed by atoms with Crippen LogP contribution in [0.3, 0.4) is 0 Å². The predicted octanol–water partition coefficient (Wildman–Crippen LogP) is 1.96. The first-order valence-electron chi connectivity index (χ1n) is 4.31. The first-order chi connectivity index (χ1) is 6.81. The van der Waals surface area contributed by atoms with Gasteiger partial charge in [-0.05, 0) is 24.6 Å². The quantitative estimate of drug-likeness (QED) is 0.577. The molecule has 1 unspecified atom stereocenters. The zero-order chi connectivity index (χ0) is 9.97. The molecule has 2 rings (SSSR count). The lowest BCUT2D eigenvalue weighted by Crippen LogP contribution is -1.88. The maximum atomic E-state index is 10.1. The zero-order valence-corrected chi connectivity index (χ0v) is 7.69. The van der Waals surface area contributed by atoms with Gasteiger partial charge in [-0.25, -0.2) is 9.78 Å². The first kappa shape index (κ1) is 8.66. The van der Waals surface area contributed by atoms with E-state index in [1.807, 2.05) is 25.1 Å². The van der Waals surface area contributed by atoms with Crippen LogP contribution in [-0.4, -0.2) is 16.0 Å². The van der Waals surface area contributed by atoms with E-state index >= 15 is 0 Å². The van der Waals surface area contributed by atoms with Crippen LogP contribution in [0, 0.1) is 0 Å². The van der Waals surface area contributed by atoms with Crippen LogP contribution in [0.1, 0.15) is 18.5 Å². The number of H-pyrrole nitrogens is 1. The van der Waals surface area contributed by atoms with E-state index in [4.69, 9.17) is 0 Å². The SMILES string of the molecule is CC(N=C=O)c1ccc2nc[nH]c2c1. The smallest absolute Gasteiger partial charge is 0.235 e. The van der Waals surface area contributed by atoms with E-state index in [1.165, 1.54) is 0 Å². The Hall–Kier alpha value is -1.93. The molecule has 0 amide bonds. The molecule has 1 N–H and O–H groups in total. The Morgan fingerprint density at radius 2 is 2.43 bits per heavy atom. The van der Waals surface area contributed by atoms with Crippen molar-refractivity contribution in [3.05, 3.63) is 30.1 Å².